The average molecular weight is 282 g/mol. The largest absolute Gasteiger partial charge is 0.493 e. The second kappa shape index (κ2) is 8.39. The lowest BCUT2D eigenvalue weighted by atomic mass is 10.1. The van der Waals surface area contributed by atoms with Crippen LogP contribution in [-0.2, 0) is 16.1 Å². The maximum absolute atomic E-state index is 11.1. The Morgan fingerprint density at radius 1 is 1.40 bits per heavy atom. The molecule has 0 fully saturated rings. The highest BCUT2D eigenvalue weighted by Crippen LogP contribution is 2.31. The highest BCUT2D eigenvalue weighted by Gasteiger charge is 2.16. The Hall–Kier alpha value is -1.79. The SMILES string of the molecule is COCCNCc1cccc(OC)c1OC(C)C(N)=O. The summed E-state index contributed by atoms with van der Waals surface area (Å²) in [6, 6.07) is 5.56. The van der Waals surface area contributed by atoms with Crippen molar-refractivity contribution in [3.8, 4) is 11.5 Å². The number of hydrogen-bond donors (Lipinski definition) is 2. The van der Waals surface area contributed by atoms with Crippen LogP contribution in [0.5, 0.6) is 11.5 Å². The van der Waals surface area contributed by atoms with Crippen LogP contribution in [0.3, 0.4) is 0 Å². The zero-order chi connectivity index (χ0) is 15.0. The summed E-state index contributed by atoms with van der Waals surface area (Å²) >= 11 is 0. The molecule has 6 nitrogen and oxygen atoms in total. The van der Waals surface area contributed by atoms with Crippen molar-refractivity contribution in [2.45, 2.75) is 19.6 Å². The van der Waals surface area contributed by atoms with Crippen molar-refractivity contribution in [3.63, 3.8) is 0 Å². The number of rotatable bonds is 9. The van der Waals surface area contributed by atoms with Crippen molar-refractivity contribution in [1.29, 1.82) is 0 Å². The molecule has 1 aromatic carbocycles. The fourth-order valence-corrected chi connectivity index (χ4v) is 1.63. The van der Waals surface area contributed by atoms with Crippen LogP contribution in [-0.4, -0.2) is 39.4 Å². The zero-order valence-electron chi connectivity index (χ0n) is 12.1. The van der Waals surface area contributed by atoms with Gasteiger partial charge in [-0.25, -0.2) is 0 Å². The molecule has 1 aromatic rings. The van der Waals surface area contributed by atoms with Gasteiger partial charge in [0.05, 0.1) is 13.7 Å². The standard InChI is InChI=1S/C14H22N2O4/c1-10(14(15)17)20-13-11(9-16-7-8-18-2)5-4-6-12(13)19-3/h4-6,10,16H,7-9H2,1-3H3,(H2,15,17). The molecule has 0 aliphatic heterocycles. The number of carbonyl (C=O) groups is 1. The summed E-state index contributed by atoms with van der Waals surface area (Å²) in [7, 11) is 3.20. The molecule has 0 heterocycles. The van der Waals surface area contributed by atoms with Crippen molar-refractivity contribution >= 4 is 5.91 Å². The summed E-state index contributed by atoms with van der Waals surface area (Å²) in [6.45, 7) is 3.54. The summed E-state index contributed by atoms with van der Waals surface area (Å²) < 4.78 is 15.9. The lowest BCUT2D eigenvalue weighted by Crippen LogP contribution is -2.31. The van der Waals surface area contributed by atoms with Crippen LogP contribution in [0.25, 0.3) is 0 Å². The van der Waals surface area contributed by atoms with Gasteiger partial charge in [0.2, 0.25) is 0 Å². The molecular formula is C14H22N2O4. The number of primary amides is 1. The van der Waals surface area contributed by atoms with Crippen LogP contribution in [0.1, 0.15) is 12.5 Å². The molecular weight excluding hydrogens is 260 g/mol. The molecule has 0 saturated heterocycles. The minimum atomic E-state index is -0.718. The number of methoxy groups -OCH3 is 2. The first kappa shape index (κ1) is 16.3. The van der Waals surface area contributed by atoms with Gasteiger partial charge in [-0.3, -0.25) is 4.79 Å². The lowest BCUT2D eigenvalue weighted by molar-refractivity contribution is -0.124. The van der Waals surface area contributed by atoms with Gasteiger partial charge in [0.1, 0.15) is 0 Å². The first-order valence-corrected chi connectivity index (χ1v) is 6.41. The molecule has 112 valence electrons. The molecule has 0 bridgehead atoms. The minimum Gasteiger partial charge on any atom is -0.493 e. The molecule has 0 radical (unpaired) electrons. The molecule has 1 rings (SSSR count). The third-order valence-electron chi connectivity index (χ3n) is 2.77. The van der Waals surface area contributed by atoms with E-state index in [0.29, 0.717) is 24.7 Å². The van der Waals surface area contributed by atoms with E-state index in [1.807, 2.05) is 12.1 Å². The van der Waals surface area contributed by atoms with Gasteiger partial charge in [0.15, 0.2) is 17.6 Å². The number of nitrogens with one attached hydrogen (secondary N) is 1. The number of hydrogen-bond acceptors (Lipinski definition) is 5. The topological polar surface area (TPSA) is 82.8 Å². The number of para-hydroxylation sites is 1. The summed E-state index contributed by atoms with van der Waals surface area (Å²) in [4.78, 5) is 11.1. The number of ether oxygens (including phenoxy) is 3. The van der Waals surface area contributed by atoms with Crippen LogP contribution in [0.4, 0.5) is 0 Å². The molecule has 20 heavy (non-hydrogen) atoms. The highest BCUT2D eigenvalue weighted by atomic mass is 16.5. The van der Waals surface area contributed by atoms with Crippen LogP contribution in [0.2, 0.25) is 0 Å². The Labute approximate surface area is 119 Å². The molecule has 1 unspecified atom stereocenters. The fourth-order valence-electron chi connectivity index (χ4n) is 1.63. The number of carbonyl (C=O) groups excluding carboxylic acids is 1. The molecule has 1 atom stereocenters. The Bertz CT molecular complexity index is 437. The van der Waals surface area contributed by atoms with Gasteiger partial charge in [-0.15, -0.1) is 0 Å². The van der Waals surface area contributed by atoms with E-state index in [4.69, 9.17) is 19.9 Å². The molecule has 3 N–H and O–H groups in total. The van der Waals surface area contributed by atoms with Gasteiger partial charge in [0.25, 0.3) is 5.91 Å². The van der Waals surface area contributed by atoms with Gasteiger partial charge in [-0.05, 0) is 13.0 Å². The molecule has 1 amide bonds. The normalized spacial score (nSPS) is 11.9. The van der Waals surface area contributed by atoms with Gasteiger partial charge in [0, 0.05) is 25.8 Å². The Morgan fingerprint density at radius 2 is 2.15 bits per heavy atom. The van der Waals surface area contributed by atoms with Gasteiger partial charge < -0.3 is 25.3 Å². The van der Waals surface area contributed by atoms with Crippen molar-refractivity contribution in [2.24, 2.45) is 5.73 Å². The van der Waals surface area contributed by atoms with E-state index in [9.17, 15) is 4.79 Å². The van der Waals surface area contributed by atoms with E-state index in [1.54, 1.807) is 27.2 Å². The van der Waals surface area contributed by atoms with Crippen LogP contribution < -0.4 is 20.5 Å². The van der Waals surface area contributed by atoms with E-state index in [1.165, 1.54) is 0 Å². The van der Waals surface area contributed by atoms with E-state index in [2.05, 4.69) is 5.32 Å². The number of amides is 1. The Kier molecular flexibility index (Phi) is 6.83. The smallest absolute Gasteiger partial charge is 0.258 e. The molecule has 0 spiro atoms. The van der Waals surface area contributed by atoms with Crippen LogP contribution in [0, 0.1) is 0 Å². The van der Waals surface area contributed by atoms with E-state index in [0.717, 1.165) is 12.1 Å². The van der Waals surface area contributed by atoms with E-state index in [-0.39, 0.29) is 0 Å². The Balaban J connectivity index is 2.83. The minimum absolute atomic E-state index is 0.519. The maximum atomic E-state index is 11.1. The quantitative estimate of drug-likeness (QED) is 0.651. The zero-order valence-corrected chi connectivity index (χ0v) is 12.1. The molecule has 0 aromatic heterocycles. The predicted molar refractivity (Wildman–Crippen MR) is 75.9 cm³/mol. The second-order valence-electron chi connectivity index (χ2n) is 4.28. The molecule has 0 aliphatic rings. The average Bonchev–Trinajstić information content (AvgIpc) is 2.44. The molecule has 6 heteroatoms. The first-order chi connectivity index (χ1) is 9.60. The summed E-state index contributed by atoms with van der Waals surface area (Å²) in [6.07, 6.45) is -0.718. The lowest BCUT2D eigenvalue weighted by Gasteiger charge is -2.18. The van der Waals surface area contributed by atoms with Crippen molar-refractivity contribution in [1.82, 2.24) is 5.32 Å². The molecule has 0 saturated carbocycles. The van der Waals surface area contributed by atoms with Crippen LogP contribution >= 0.6 is 0 Å². The predicted octanol–water partition coefficient (Wildman–Crippen LogP) is 0.684. The van der Waals surface area contributed by atoms with Crippen molar-refractivity contribution in [3.05, 3.63) is 23.8 Å². The second-order valence-corrected chi connectivity index (χ2v) is 4.28. The van der Waals surface area contributed by atoms with Crippen molar-refractivity contribution < 1.29 is 19.0 Å². The summed E-state index contributed by atoms with van der Waals surface area (Å²) in [5.41, 5.74) is 6.12. The third-order valence-corrected chi connectivity index (χ3v) is 2.77. The van der Waals surface area contributed by atoms with Gasteiger partial charge in [-0.1, -0.05) is 12.1 Å². The number of nitrogens with two attached hydrogens (primary N) is 1. The number of benzene rings is 1. The fraction of sp³-hybridized carbons (Fsp3) is 0.500. The van der Waals surface area contributed by atoms with E-state index >= 15 is 0 Å². The third kappa shape index (κ3) is 4.71. The Morgan fingerprint density at radius 3 is 2.75 bits per heavy atom. The first-order valence-electron chi connectivity index (χ1n) is 6.41. The maximum Gasteiger partial charge on any atom is 0.258 e. The van der Waals surface area contributed by atoms with Gasteiger partial charge in [-0.2, -0.15) is 0 Å². The van der Waals surface area contributed by atoms with Crippen LogP contribution in [0.15, 0.2) is 18.2 Å². The summed E-state index contributed by atoms with van der Waals surface area (Å²) in [5, 5.41) is 3.22. The van der Waals surface area contributed by atoms with Gasteiger partial charge >= 0.3 is 0 Å². The summed E-state index contributed by atoms with van der Waals surface area (Å²) in [5.74, 6) is 0.588. The van der Waals surface area contributed by atoms with Crippen molar-refractivity contribution in [2.75, 3.05) is 27.4 Å². The highest BCUT2D eigenvalue weighted by molar-refractivity contribution is 5.78. The monoisotopic (exact) mass is 282 g/mol. The molecule has 0 aliphatic carbocycles. The van der Waals surface area contributed by atoms with E-state index < -0.39 is 12.0 Å².